The number of carbonyl (C=O) groups is 1. The molecular weight excluding hydrogens is 346 g/mol. The molecule has 0 fully saturated rings. The number of amides is 1. The number of aromatic nitrogens is 1. The summed E-state index contributed by atoms with van der Waals surface area (Å²) in [6.07, 6.45) is 1.47. The van der Waals surface area contributed by atoms with E-state index in [9.17, 15) is 4.79 Å². The van der Waals surface area contributed by atoms with Crippen molar-refractivity contribution in [3.05, 3.63) is 59.8 Å². The van der Waals surface area contributed by atoms with E-state index in [1.165, 1.54) is 20.4 Å². The van der Waals surface area contributed by atoms with Crippen molar-refractivity contribution in [3.63, 3.8) is 0 Å². The number of para-hydroxylation sites is 1. The zero-order valence-corrected chi connectivity index (χ0v) is 15.2. The summed E-state index contributed by atoms with van der Waals surface area (Å²) >= 11 is 0. The van der Waals surface area contributed by atoms with Crippen LogP contribution in [0.15, 0.2) is 53.6 Å². The molecule has 0 aliphatic heterocycles. The van der Waals surface area contributed by atoms with Gasteiger partial charge in [-0.3, -0.25) is 4.79 Å². The lowest BCUT2D eigenvalue weighted by Crippen LogP contribution is -2.19. The molecule has 0 saturated heterocycles. The molecule has 7 heteroatoms. The molecule has 1 aromatic heterocycles. The van der Waals surface area contributed by atoms with E-state index in [1.54, 1.807) is 25.3 Å². The van der Waals surface area contributed by atoms with E-state index in [0.717, 1.165) is 10.9 Å². The molecule has 1 heterocycles. The number of pyridine rings is 1. The van der Waals surface area contributed by atoms with Crippen molar-refractivity contribution in [2.75, 3.05) is 21.3 Å². The fourth-order valence-electron chi connectivity index (χ4n) is 2.64. The minimum absolute atomic E-state index is 0.283. The number of benzene rings is 2. The molecule has 0 spiro atoms. The zero-order valence-electron chi connectivity index (χ0n) is 15.2. The van der Waals surface area contributed by atoms with Gasteiger partial charge in [0.1, 0.15) is 5.69 Å². The van der Waals surface area contributed by atoms with Gasteiger partial charge in [0.2, 0.25) is 5.75 Å². The van der Waals surface area contributed by atoms with Crippen molar-refractivity contribution in [1.82, 2.24) is 10.4 Å². The molecule has 0 saturated carbocycles. The lowest BCUT2D eigenvalue weighted by Gasteiger charge is -2.13. The largest absolute Gasteiger partial charge is 0.493 e. The molecule has 0 aliphatic rings. The van der Waals surface area contributed by atoms with Crippen LogP contribution in [0.5, 0.6) is 17.2 Å². The predicted octanol–water partition coefficient (Wildman–Crippen LogP) is 3.02. The van der Waals surface area contributed by atoms with Crippen molar-refractivity contribution in [2.45, 2.75) is 0 Å². The van der Waals surface area contributed by atoms with Crippen molar-refractivity contribution < 1.29 is 19.0 Å². The Kier molecular flexibility index (Phi) is 5.51. The average Bonchev–Trinajstić information content (AvgIpc) is 2.72. The Morgan fingerprint density at radius 1 is 0.963 bits per heavy atom. The molecule has 0 aliphatic carbocycles. The molecule has 3 aromatic rings. The molecule has 7 nitrogen and oxygen atoms in total. The number of nitrogens with zero attached hydrogens (tertiary/aromatic N) is 2. The molecule has 0 unspecified atom stereocenters. The highest BCUT2D eigenvalue weighted by atomic mass is 16.5. The van der Waals surface area contributed by atoms with Crippen molar-refractivity contribution in [3.8, 4) is 17.2 Å². The number of rotatable bonds is 6. The summed E-state index contributed by atoms with van der Waals surface area (Å²) in [5, 5.41) is 4.96. The van der Waals surface area contributed by atoms with Crippen LogP contribution in [0.25, 0.3) is 10.9 Å². The van der Waals surface area contributed by atoms with E-state index in [4.69, 9.17) is 14.2 Å². The zero-order chi connectivity index (χ0) is 19.2. The van der Waals surface area contributed by atoms with Crippen LogP contribution in [0.4, 0.5) is 0 Å². The minimum Gasteiger partial charge on any atom is -0.493 e. The van der Waals surface area contributed by atoms with Gasteiger partial charge in [-0.25, -0.2) is 10.4 Å². The van der Waals surface area contributed by atoms with E-state index in [-0.39, 0.29) is 5.69 Å². The van der Waals surface area contributed by atoms with Gasteiger partial charge < -0.3 is 14.2 Å². The molecule has 27 heavy (non-hydrogen) atoms. The van der Waals surface area contributed by atoms with E-state index < -0.39 is 5.91 Å². The maximum Gasteiger partial charge on any atom is 0.289 e. The van der Waals surface area contributed by atoms with Gasteiger partial charge in [0.15, 0.2) is 11.5 Å². The van der Waals surface area contributed by atoms with Crippen molar-refractivity contribution in [1.29, 1.82) is 0 Å². The smallest absolute Gasteiger partial charge is 0.289 e. The van der Waals surface area contributed by atoms with E-state index in [0.29, 0.717) is 22.8 Å². The Morgan fingerprint density at radius 2 is 1.74 bits per heavy atom. The van der Waals surface area contributed by atoms with Gasteiger partial charge in [-0.2, -0.15) is 5.10 Å². The first-order chi connectivity index (χ1) is 13.2. The Hall–Kier alpha value is -3.61. The Morgan fingerprint density at radius 3 is 2.48 bits per heavy atom. The Bertz CT molecular complexity index is 1000. The molecule has 0 atom stereocenters. The molecule has 0 bridgehead atoms. The van der Waals surface area contributed by atoms with Gasteiger partial charge in [-0.15, -0.1) is 0 Å². The number of carbonyl (C=O) groups excluding carboxylic acids is 1. The molecule has 0 radical (unpaired) electrons. The average molecular weight is 365 g/mol. The van der Waals surface area contributed by atoms with Crippen LogP contribution in [0.1, 0.15) is 16.1 Å². The first-order valence-corrected chi connectivity index (χ1v) is 8.16. The number of hydrogen-bond acceptors (Lipinski definition) is 6. The minimum atomic E-state index is -0.406. The number of hydrazone groups is 1. The summed E-state index contributed by atoms with van der Waals surface area (Å²) in [6.45, 7) is 0. The van der Waals surface area contributed by atoms with E-state index in [1.807, 2.05) is 30.3 Å². The second-order valence-electron chi connectivity index (χ2n) is 5.51. The number of nitrogens with one attached hydrogen (secondary N) is 1. The predicted molar refractivity (Wildman–Crippen MR) is 103 cm³/mol. The second-order valence-corrected chi connectivity index (χ2v) is 5.51. The van der Waals surface area contributed by atoms with Crippen LogP contribution in [0.2, 0.25) is 0 Å². The third kappa shape index (κ3) is 3.82. The lowest BCUT2D eigenvalue weighted by atomic mass is 10.2. The topological polar surface area (TPSA) is 82.0 Å². The second kappa shape index (κ2) is 8.18. The van der Waals surface area contributed by atoms with Crippen LogP contribution in [-0.2, 0) is 0 Å². The van der Waals surface area contributed by atoms with Gasteiger partial charge in [-0.1, -0.05) is 24.3 Å². The highest BCUT2D eigenvalue weighted by Crippen LogP contribution is 2.38. The summed E-state index contributed by atoms with van der Waals surface area (Å²) in [5.41, 5.74) is 4.13. The number of fused-ring (bicyclic) bond motifs is 1. The highest BCUT2D eigenvalue weighted by Gasteiger charge is 2.14. The summed E-state index contributed by atoms with van der Waals surface area (Å²) in [4.78, 5) is 16.6. The number of hydrogen-bond donors (Lipinski definition) is 1. The Labute approximate surface area is 156 Å². The molecule has 2 aromatic carbocycles. The summed E-state index contributed by atoms with van der Waals surface area (Å²) in [7, 11) is 4.59. The summed E-state index contributed by atoms with van der Waals surface area (Å²) < 4.78 is 15.9. The van der Waals surface area contributed by atoms with Crippen LogP contribution < -0.4 is 19.6 Å². The molecular formula is C20H19N3O4. The van der Waals surface area contributed by atoms with Crippen LogP contribution in [0, 0.1) is 0 Å². The first kappa shape index (κ1) is 18.2. The molecule has 3 rings (SSSR count). The van der Waals surface area contributed by atoms with E-state index >= 15 is 0 Å². The van der Waals surface area contributed by atoms with Gasteiger partial charge in [-0.05, 0) is 24.3 Å². The highest BCUT2D eigenvalue weighted by molar-refractivity contribution is 5.95. The fraction of sp³-hybridized carbons (Fsp3) is 0.150. The van der Waals surface area contributed by atoms with Gasteiger partial charge in [0.05, 0.1) is 33.1 Å². The molecule has 1 N–H and O–H groups in total. The van der Waals surface area contributed by atoms with Gasteiger partial charge in [0.25, 0.3) is 5.91 Å². The van der Waals surface area contributed by atoms with Gasteiger partial charge in [0, 0.05) is 10.9 Å². The molecule has 138 valence electrons. The maximum atomic E-state index is 12.3. The van der Waals surface area contributed by atoms with Crippen LogP contribution in [-0.4, -0.2) is 38.4 Å². The fourth-order valence-corrected chi connectivity index (χ4v) is 2.64. The van der Waals surface area contributed by atoms with Gasteiger partial charge >= 0.3 is 0 Å². The monoisotopic (exact) mass is 365 g/mol. The standard InChI is InChI=1S/C20H19N3O4/c1-25-17-11-9-14(18(26-2)19(17)27-3)12-21-23-20(24)16-10-8-13-6-4-5-7-15(13)22-16/h4-12H,1-3H3,(H,23,24)/b21-12+. The third-order valence-electron chi connectivity index (χ3n) is 3.94. The summed E-state index contributed by atoms with van der Waals surface area (Å²) in [6, 6.07) is 14.6. The normalized spacial score (nSPS) is 10.8. The van der Waals surface area contributed by atoms with Crippen molar-refractivity contribution in [2.24, 2.45) is 5.10 Å². The third-order valence-corrected chi connectivity index (χ3v) is 3.94. The van der Waals surface area contributed by atoms with Crippen molar-refractivity contribution >= 4 is 23.0 Å². The maximum absolute atomic E-state index is 12.3. The SMILES string of the molecule is COc1ccc(/C=N/NC(=O)c2ccc3ccccc3n2)c(OC)c1OC. The quantitative estimate of drug-likeness (QED) is 0.536. The van der Waals surface area contributed by atoms with Crippen LogP contribution >= 0.6 is 0 Å². The van der Waals surface area contributed by atoms with E-state index in [2.05, 4.69) is 15.5 Å². The Balaban J connectivity index is 1.79. The number of methoxy groups -OCH3 is 3. The number of ether oxygens (including phenoxy) is 3. The lowest BCUT2D eigenvalue weighted by molar-refractivity contribution is 0.0950. The van der Waals surface area contributed by atoms with Crippen LogP contribution in [0.3, 0.4) is 0 Å². The first-order valence-electron chi connectivity index (χ1n) is 8.16. The molecule has 1 amide bonds. The summed E-state index contributed by atoms with van der Waals surface area (Å²) in [5.74, 6) is 1.04.